The molecule has 1 rings (SSSR count). The molecule has 4 nitrogen and oxygen atoms in total. The third kappa shape index (κ3) is 11.9. The Kier molecular flexibility index (Phi) is 11.0. The molecular formula is C22H36O4. The molecule has 1 aromatic rings. The van der Waals surface area contributed by atoms with Crippen LogP contribution >= 0.6 is 0 Å². The van der Waals surface area contributed by atoms with Gasteiger partial charge in [-0.05, 0) is 51.3 Å². The molecule has 0 atom stereocenters. The van der Waals surface area contributed by atoms with Gasteiger partial charge in [-0.2, -0.15) is 0 Å². The molecule has 0 bridgehead atoms. The number of hydrogen-bond acceptors (Lipinski definition) is 4. The summed E-state index contributed by atoms with van der Waals surface area (Å²) < 4.78 is 16.1. The fourth-order valence-corrected chi connectivity index (χ4v) is 2.61. The van der Waals surface area contributed by atoms with Crippen molar-refractivity contribution >= 4 is 5.97 Å². The zero-order valence-electron chi connectivity index (χ0n) is 17.0. The molecule has 148 valence electrons. The predicted molar refractivity (Wildman–Crippen MR) is 106 cm³/mol. The lowest BCUT2D eigenvalue weighted by atomic mass is 10.0. The number of carbonyl (C=O) groups excluding carboxylic acids is 1. The zero-order chi connectivity index (χ0) is 19.3. The number of esters is 1. The van der Waals surface area contributed by atoms with E-state index in [-0.39, 0.29) is 12.6 Å². The minimum atomic E-state index is -0.478. The second-order valence-corrected chi connectivity index (χ2v) is 7.65. The molecule has 0 heterocycles. The molecule has 0 aliphatic rings. The van der Waals surface area contributed by atoms with Crippen LogP contribution in [0.2, 0.25) is 0 Å². The molecule has 0 unspecified atom stereocenters. The number of carbonyl (C=O) groups is 1. The maximum absolute atomic E-state index is 11.5. The Hall–Kier alpha value is -1.55. The Morgan fingerprint density at radius 2 is 1.58 bits per heavy atom. The van der Waals surface area contributed by atoms with E-state index in [0.29, 0.717) is 13.2 Å². The van der Waals surface area contributed by atoms with E-state index >= 15 is 0 Å². The van der Waals surface area contributed by atoms with Gasteiger partial charge in [0.2, 0.25) is 0 Å². The van der Waals surface area contributed by atoms with Crippen LogP contribution < -0.4 is 4.74 Å². The van der Waals surface area contributed by atoms with E-state index in [9.17, 15) is 4.79 Å². The Morgan fingerprint density at radius 1 is 0.923 bits per heavy atom. The van der Waals surface area contributed by atoms with Crippen LogP contribution in [-0.4, -0.2) is 31.4 Å². The van der Waals surface area contributed by atoms with Crippen molar-refractivity contribution in [1.82, 2.24) is 0 Å². The molecule has 4 heteroatoms. The molecular weight excluding hydrogens is 328 g/mol. The number of ether oxygens (including phenoxy) is 3. The summed E-state index contributed by atoms with van der Waals surface area (Å²) in [6.45, 7) is 8.49. The van der Waals surface area contributed by atoms with Crippen LogP contribution in [0.15, 0.2) is 24.3 Å². The average Bonchev–Trinajstić information content (AvgIpc) is 2.57. The van der Waals surface area contributed by atoms with E-state index in [2.05, 4.69) is 19.1 Å². The van der Waals surface area contributed by atoms with Crippen molar-refractivity contribution in [3.05, 3.63) is 29.8 Å². The lowest BCUT2D eigenvalue weighted by Crippen LogP contribution is -2.27. The number of benzene rings is 1. The lowest BCUT2D eigenvalue weighted by Gasteiger charge is -2.19. The van der Waals surface area contributed by atoms with Crippen molar-refractivity contribution < 1.29 is 19.0 Å². The van der Waals surface area contributed by atoms with Gasteiger partial charge in [-0.1, -0.05) is 51.2 Å². The molecule has 0 saturated carbocycles. The van der Waals surface area contributed by atoms with Gasteiger partial charge in [0, 0.05) is 0 Å². The summed E-state index contributed by atoms with van der Waals surface area (Å²) in [5.41, 5.74) is 0.878. The van der Waals surface area contributed by atoms with Gasteiger partial charge in [0.05, 0.1) is 6.61 Å². The molecule has 0 aliphatic carbocycles. The Bertz CT molecular complexity index is 488. The van der Waals surface area contributed by atoms with E-state index in [4.69, 9.17) is 14.2 Å². The molecule has 0 aromatic heterocycles. The highest BCUT2D eigenvalue weighted by molar-refractivity contribution is 5.71. The standard InChI is InChI=1S/C22H36O4/c1-5-6-7-8-9-10-11-19-12-14-20(15-13-19)25-17-16-24-18-21(23)26-22(2,3)4/h12-15H,5-11,16-18H2,1-4H3. The van der Waals surface area contributed by atoms with Gasteiger partial charge in [-0.25, -0.2) is 4.79 Å². The maximum atomic E-state index is 11.5. The monoisotopic (exact) mass is 364 g/mol. The largest absolute Gasteiger partial charge is 0.491 e. The zero-order valence-corrected chi connectivity index (χ0v) is 17.0. The van der Waals surface area contributed by atoms with Crippen LogP contribution in [0.5, 0.6) is 5.75 Å². The predicted octanol–water partition coefficient (Wildman–Crippen LogP) is 5.33. The summed E-state index contributed by atoms with van der Waals surface area (Å²) in [5, 5.41) is 0. The van der Waals surface area contributed by atoms with Crippen LogP contribution in [0.1, 0.15) is 71.8 Å². The number of rotatable bonds is 13. The van der Waals surface area contributed by atoms with Gasteiger partial charge in [0.1, 0.15) is 24.6 Å². The first-order valence-electron chi connectivity index (χ1n) is 9.92. The van der Waals surface area contributed by atoms with E-state index in [1.54, 1.807) is 0 Å². The molecule has 1 aromatic carbocycles. The summed E-state index contributed by atoms with van der Waals surface area (Å²) in [6, 6.07) is 8.26. The SMILES string of the molecule is CCCCCCCCc1ccc(OCCOCC(=O)OC(C)(C)C)cc1. The highest BCUT2D eigenvalue weighted by Crippen LogP contribution is 2.15. The first-order chi connectivity index (χ1) is 12.4. The van der Waals surface area contributed by atoms with Gasteiger partial charge in [0.15, 0.2) is 0 Å². The Morgan fingerprint density at radius 3 is 2.23 bits per heavy atom. The molecule has 0 saturated heterocycles. The smallest absolute Gasteiger partial charge is 0.332 e. The van der Waals surface area contributed by atoms with Crippen LogP contribution in [0.4, 0.5) is 0 Å². The second kappa shape index (κ2) is 12.7. The number of hydrogen-bond donors (Lipinski definition) is 0. The Balaban J connectivity index is 2.10. The van der Waals surface area contributed by atoms with E-state index < -0.39 is 5.60 Å². The van der Waals surface area contributed by atoms with Gasteiger partial charge < -0.3 is 14.2 Å². The third-order valence-corrected chi connectivity index (χ3v) is 3.88. The van der Waals surface area contributed by atoms with Crippen molar-refractivity contribution in [2.24, 2.45) is 0 Å². The van der Waals surface area contributed by atoms with Gasteiger partial charge in [-0.15, -0.1) is 0 Å². The van der Waals surface area contributed by atoms with Gasteiger partial charge >= 0.3 is 5.97 Å². The molecule has 0 N–H and O–H groups in total. The minimum Gasteiger partial charge on any atom is -0.491 e. The highest BCUT2D eigenvalue weighted by Gasteiger charge is 2.15. The number of unbranched alkanes of at least 4 members (excludes halogenated alkanes) is 5. The molecule has 0 amide bonds. The first kappa shape index (κ1) is 22.5. The highest BCUT2D eigenvalue weighted by atomic mass is 16.6. The van der Waals surface area contributed by atoms with E-state index in [1.807, 2.05) is 32.9 Å². The maximum Gasteiger partial charge on any atom is 0.332 e. The molecule has 26 heavy (non-hydrogen) atoms. The third-order valence-electron chi connectivity index (χ3n) is 3.88. The normalized spacial score (nSPS) is 11.4. The Labute approximate surface area is 159 Å². The lowest BCUT2D eigenvalue weighted by molar-refractivity contribution is -0.160. The topological polar surface area (TPSA) is 44.8 Å². The average molecular weight is 365 g/mol. The quantitative estimate of drug-likeness (QED) is 0.351. The van der Waals surface area contributed by atoms with Crippen LogP contribution in [0, 0.1) is 0 Å². The van der Waals surface area contributed by atoms with Gasteiger partial charge in [-0.3, -0.25) is 0 Å². The van der Waals surface area contributed by atoms with Crippen molar-refractivity contribution in [1.29, 1.82) is 0 Å². The van der Waals surface area contributed by atoms with E-state index in [0.717, 1.165) is 12.2 Å². The fourth-order valence-electron chi connectivity index (χ4n) is 2.61. The first-order valence-corrected chi connectivity index (χ1v) is 9.92. The van der Waals surface area contributed by atoms with Crippen LogP contribution in [-0.2, 0) is 20.7 Å². The van der Waals surface area contributed by atoms with Crippen molar-refractivity contribution in [2.75, 3.05) is 19.8 Å². The van der Waals surface area contributed by atoms with Crippen molar-refractivity contribution in [3.8, 4) is 5.75 Å². The minimum absolute atomic E-state index is 0.0438. The summed E-state index contributed by atoms with van der Waals surface area (Å²) >= 11 is 0. The summed E-state index contributed by atoms with van der Waals surface area (Å²) in [7, 11) is 0. The van der Waals surface area contributed by atoms with Gasteiger partial charge in [0.25, 0.3) is 0 Å². The molecule has 0 fully saturated rings. The molecule has 0 radical (unpaired) electrons. The summed E-state index contributed by atoms with van der Waals surface area (Å²) in [4.78, 5) is 11.5. The van der Waals surface area contributed by atoms with E-state index in [1.165, 1.54) is 44.1 Å². The van der Waals surface area contributed by atoms with Crippen LogP contribution in [0.3, 0.4) is 0 Å². The summed E-state index contributed by atoms with van der Waals surface area (Å²) in [5.74, 6) is 0.481. The van der Waals surface area contributed by atoms with Crippen molar-refractivity contribution in [2.45, 2.75) is 78.2 Å². The van der Waals surface area contributed by atoms with Crippen molar-refractivity contribution in [3.63, 3.8) is 0 Å². The molecule has 0 spiro atoms. The van der Waals surface area contributed by atoms with Crippen LogP contribution in [0.25, 0.3) is 0 Å². The number of aryl methyl sites for hydroxylation is 1. The summed E-state index contributed by atoms with van der Waals surface area (Å²) in [6.07, 6.45) is 9.06. The fraction of sp³-hybridized carbons (Fsp3) is 0.682. The second-order valence-electron chi connectivity index (χ2n) is 7.65. The molecule has 0 aliphatic heterocycles.